The summed E-state index contributed by atoms with van der Waals surface area (Å²) in [7, 11) is 0. The van der Waals surface area contributed by atoms with Gasteiger partial charge in [0, 0.05) is 60.0 Å². The van der Waals surface area contributed by atoms with Crippen LogP contribution in [0.3, 0.4) is 0 Å². The summed E-state index contributed by atoms with van der Waals surface area (Å²) in [5.74, 6) is 1.34. The zero-order valence-electron chi connectivity index (χ0n) is 36.4. The molecule has 0 saturated heterocycles. The molecule has 8 nitrogen and oxygen atoms in total. The first-order chi connectivity index (χ1) is 33.8. The summed E-state index contributed by atoms with van der Waals surface area (Å²) in [6, 6.07) is 75.2. The fraction of sp³-hybridized carbons (Fsp3) is 0. The molecular weight excluding hydrogens is 833 g/mol. The van der Waals surface area contributed by atoms with Gasteiger partial charge in [0.1, 0.15) is 5.69 Å². The van der Waals surface area contributed by atoms with Gasteiger partial charge >= 0.3 is 0 Å². The van der Waals surface area contributed by atoms with Gasteiger partial charge in [0.05, 0.1) is 50.3 Å². The molecule has 0 fully saturated rings. The fourth-order valence-corrected chi connectivity index (χ4v) is 11.0. The van der Waals surface area contributed by atoms with Crippen molar-refractivity contribution < 1.29 is 0 Å². The molecule has 15 aromatic rings. The molecule has 316 valence electrons. The van der Waals surface area contributed by atoms with E-state index < -0.39 is 0 Å². The lowest BCUT2D eigenvalue weighted by atomic mass is 10.1. The first kappa shape index (κ1) is 36.9. The largest absolute Gasteiger partial charge is 0.307 e. The van der Waals surface area contributed by atoms with Crippen molar-refractivity contribution in [2.24, 2.45) is 0 Å². The lowest BCUT2D eigenvalue weighted by Crippen LogP contribution is -2.08. The quantitative estimate of drug-likeness (QED) is 0.173. The van der Waals surface area contributed by atoms with Gasteiger partial charge in [-0.25, -0.2) is 19.9 Å². The number of para-hydroxylation sites is 6. The van der Waals surface area contributed by atoms with Crippen molar-refractivity contribution in [3.05, 3.63) is 219 Å². The topological polar surface area (TPSA) is 71.3 Å². The first-order valence-electron chi connectivity index (χ1n) is 22.9. The number of rotatable bonds is 5. The molecule has 8 heteroatoms. The molecule has 0 amide bonds. The third kappa shape index (κ3) is 5.08. The summed E-state index contributed by atoms with van der Waals surface area (Å²) in [5, 5.41) is 9.21. The minimum absolute atomic E-state index is 0.453. The third-order valence-corrected chi connectivity index (χ3v) is 13.8. The molecule has 9 aromatic carbocycles. The summed E-state index contributed by atoms with van der Waals surface area (Å²) in [4.78, 5) is 21.7. The normalized spacial score (nSPS) is 12.1. The molecule has 15 rings (SSSR count). The minimum atomic E-state index is 0.453. The second-order valence-corrected chi connectivity index (χ2v) is 17.4. The Labute approximate surface area is 387 Å². The number of benzene rings is 9. The molecule has 0 saturated carbocycles. The van der Waals surface area contributed by atoms with Crippen LogP contribution in [0.15, 0.2) is 219 Å². The Morgan fingerprint density at radius 1 is 0.279 bits per heavy atom. The molecular formula is C60H36N8. The predicted octanol–water partition coefficient (Wildman–Crippen LogP) is 14.5. The standard InChI is InChI=1S/C60H36N8/c1-4-18-37(19-5-1)53-60(68-51-31-17-13-27-43(51)47-35-33-45-41-25-11-15-29-49(41)66(55(45)57(47)68)39-22-8-3-9-23-39)64-58-59(63-53)62-52(36-61-58)67-50-30-16-12-26-42(50)46-34-32-44-40-24-10-14-28-48(40)65(54(44)56(46)67)38-20-6-2-7-21-38/h1-36H. The van der Waals surface area contributed by atoms with E-state index in [0.717, 1.165) is 93.4 Å². The summed E-state index contributed by atoms with van der Waals surface area (Å²) >= 11 is 0. The second-order valence-electron chi connectivity index (χ2n) is 17.4. The van der Waals surface area contributed by atoms with Crippen LogP contribution in [0.5, 0.6) is 0 Å². The highest BCUT2D eigenvalue weighted by atomic mass is 15.2. The summed E-state index contributed by atoms with van der Waals surface area (Å²) in [6.07, 6.45) is 1.86. The van der Waals surface area contributed by atoms with Crippen molar-refractivity contribution in [3.8, 4) is 34.3 Å². The van der Waals surface area contributed by atoms with Crippen molar-refractivity contribution in [1.29, 1.82) is 0 Å². The van der Waals surface area contributed by atoms with Crippen LogP contribution in [0, 0.1) is 0 Å². The van der Waals surface area contributed by atoms with Crippen LogP contribution in [0.2, 0.25) is 0 Å². The zero-order chi connectivity index (χ0) is 44.5. The van der Waals surface area contributed by atoms with E-state index >= 15 is 0 Å². The van der Waals surface area contributed by atoms with Gasteiger partial charge in [-0.15, -0.1) is 0 Å². The van der Waals surface area contributed by atoms with E-state index in [1.807, 2.05) is 12.3 Å². The molecule has 0 bridgehead atoms. The monoisotopic (exact) mass is 868 g/mol. The lowest BCUT2D eigenvalue weighted by Gasteiger charge is -2.15. The SMILES string of the molecule is c1ccc(-c2nc3nc(-n4c5ccccc5c5ccc6c7ccccc7n(-c7ccccc7)c6c54)cnc3nc2-n2c3ccccc3c3ccc4c5ccccc5n(-c5ccccc5)c4c32)cc1. The highest BCUT2D eigenvalue weighted by molar-refractivity contribution is 6.25. The van der Waals surface area contributed by atoms with Crippen LogP contribution in [-0.4, -0.2) is 38.2 Å². The number of hydrogen-bond donors (Lipinski definition) is 0. The van der Waals surface area contributed by atoms with Crippen molar-refractivity contribution in [2.45, 2.75) is 0 Å². The smallest absolute Gasteiger partial charge is 0.200 e. The van der Waals surface area contributed by atoms with E-state index in [1.165, 1.54) is 10.8 Å². The van der Waals surface area contributed by atoms with Gasteiger partial charge in [-0.05, 0) is 48.5 Å². The summed E-state index contributed by atoms with van der Waals surface area (Å²) in [6.45, 7) is 0. The van der Waals surface area contributed by atoms with E-state index in [4.69, 9.17) is 19.9 Å². The molecule has 0 aliphatic carbocycles. The molecule has 0 spiro atoms. The van der Waals surface area contributed by atoms with Crippen LogP contribution in [0.1, 0.15) is 0 Å². The fourth-order valence-electron chi connectivity index (χ4n) is 11.0. The second kappa shape index (κ2) is 14.1. The van der Waals surface area contributed by atoms with Crippen LogP contribution >= 0.6 is 0 Å². The average molecular weight is 869 g/mol. The highest BCUT2D eigenvalue weighted by Crippen LogP contribution is 2.44. The highest BCUT2D eigenvalue weighted by Gasteiger charge is 2.26. The Morgan fingerprint density at radius 3 is 1.15 bits per heavy atom. The van der Waals surface area contributed by atoms with Gasteiger partial charge in [-0.2, -0.15) is 0 Å². The van der Waals surface area contributed by atoms with E-state index in [-0.39, 0.29) is 0 Å². The molecule has 0 atom stereocenters. The number of aromatic nitrogens is 8. The zero-order valence-corrected chi connectivity index (χ0v) is 36.4. The number of fused-ring (bicyclic) bond motifs is 15. The Hall–Kier alpha value is -9.40. The summed E-state index contributed by atoms with van der Waals surface area (Å²) < 4.78 is 9.35. The Kier molecular flexibility index (Phi) is 7.62. The van der Waals surface area contributed by atoms with Crippen LogP contribution < -0.4 is 0 Å². The molecule has 68 heavy (non-hydrogen) atoms. The average Bonchev–Trinajstić information content (AvgIpc) is 4.14. The van der Waals surface area contributed by atoms with Crippen molar-refractivity contribution in [1.82, 2.24) is 38.2 Å². The molecule has 0 unspecified atom stereocenters. The maximum Gasteiger partial charge on any atom is 0.200 e. The minimum Gasteiger partial charge on any atom is -0.307 e. The van der Waals surface area contributed by atoms with Crippen molar-refractivity contribution in [3.63, 3.8) is 0 Å². The lowest BCUT2D eigenvalue weighted by molar-refractivity contribution is 1.02. The maximum atomic E-state index is 5.54. The van der Waals surface area contributed by atoms with Gasteiger partial charge < -0.3 is 9.13 Å². The third-order valence-electron chi connectivity index (χ3n) is 13.8. The molecule has 0 aliphatic rings. The molecule has 6 aromatic heterocycles. The van der Waals surface area contributed by atoms with Gasteiger partial charge in [0.25, 0.3) is 0 Å². The van der Waals surface area contributed by atoms with E-state index in [0.29, 0.717) is 28.6 Å². The van der Waals surface area contributed by atoms with Gasteiger partial charge in [-0.1, -0.05) is 164 Å². The number of nitrogens with zero attached hydrogens (tertiary/aromatic N) is 8. The Bertz CT molecular complexity index is 4540. The van der Waals surface area contributed by atoms with E-state index in [1.54, 1.807) is 0 Å². The van der Waals surface area contributed by atoms with Crippen molar-refractivity contribution in [2.75, 3.05) is 0 Å². The molecule has 0 aliphatic heterocycles. The van der Waals surface area contributed by atoms with Gasteiger partial charge in [-0.3, -0.25) is 9.13 Å². The predicted molar refractivity (Wildman–Crippen MR) is 278 cm³/mol. The van der Waals surface area contributed by atoms with Gasteiger partial charge in [0.15, 0.2) is 17.3 Å². The van der Waals surface area contributed by atoms with E-state index in [2.05, 4.69) is 225 Å². The maximum absolute atomic E-state index is 5.54. The van der Waals surface area contributed by atoms with Crippen LogP contribution in [0.4, 0.5) is 0 Å². The number of hydrogen-bond acceptors (Lipinski definition) is 4. The van der Waals surface area contributed by atoms with Crippen LogP contribution in [-0.2, 0) is 0 Å². The van der Waals surface area contributed by atoms with Crippen molar-refractivity contribution >= 4 is 98.5 Å². The Balaban J connectivity index is 1.05. The summed E-state index contributed by atoms with van der Waals surface area (Å²) in [5.41, 5.74) is 13.3. The molecule has 0 radical (unpaired) electrons. The molecule has 6 heterocycles. The molecule has 0 N–H and O–H groups in total. The first-order valence-corrected chi connectivity index (χ1v) is 22.9. The Morgan fingerprint density at radius 2 is 0.662 bits per heavy atom. The van der Waals surface area contributed by atoms with E-state index in [9.17, 15) is 0 Å². The van der Waals surface area contributed by atoms with Gasteiger partial charge in [0.2, 0.25) is 5.65 Å². The van der Waals surface area contributed by atoms with Crippen LogP contribution in [0.25, 0.3) is 133 Å².